The number of carbonyl (C=O) groups is 1. The van der Waals surface area contributed by atoms with Crippen molar-refractivity contribution < 1.29 is 9.21 Å². The second-order valence-corrected chi connectivity index (χ2v) is 5.15. The minimum Gasteiger partial charge on any atom is -0.455 e. The molecule has 0 fully saturated rings. The van der Waals surface area contributed by atoms with Gasteiger partial charge < -0.3 is 15.5 Å². The van der Waals surface area contributed by atoms with Crippen LogP contribution in [-0.4, -0.2) is 36.0 Å². The van der Waals surface area contributed by atoms with Crippen molar-refractivity contribution in [1.82, 2.24) is 10.2 Å². The van der Waals surface area contributed by atoms with E-state index in [1.807, 2.05) is 0 Å². The van der Waals surface area contributed by atoms with E-state index in [9.17, 15) is 4.79 Å². The summed E-state index contributed by atoms with van der Waals surface area (Å²) in [5.41, 5.74) is 5.44. The Kier molecular flexibility index (Phi) is 6.05. The molecule has 0 spiro atoms. The Bertz CT molecular complexity index is 391. The highest BCUT2D eigenvalue weighted by atomic mass is 16.4. The lowest BCUT2D eigenvalue weighted by Gasteiger charge is -2.30. The Morgan fingerprint density at radius 1 is 1.32 bits per heavy atom. The zero-order valence-electron chi connectivity index (χ0n) is 12.3. The summed E-state index contributed by atoms with van der Waals surface area (Å²) in [7, 11) is 0. The molecule has 108 valence electrons. The first kappa shape index (κ1) is 15.7. The van der Waals surface area contributed by atoms with Gasteiger partial charge in [-0.15, -0.1) is 0 Å². The predicted molar refractivity (Wildman–Crippen MR) is 75.9 cm³/mol. The van der Waals surface area contributed by atoms with Crippen molar-refractivity contribution in [2.24, 2.45) is 5.73 Å². The molecule has 3 N–H and O–H groups in total. The minimum absolute atomic E-state index is 0.188. The minimum atomic E-state index is -0.188. The van der Waals surface area contributed by atoms with E-state index in [-0.39, 0.29) is 5.91 Å². The lowest BCUT2D eigenvalue weighted by Crippen LogP contribution is -2.42. The van der Waals surface area contributed by atoms with Crippen molar-refractivity contribution in [3.8, 4) is 0 Å². The van der Waals surface area contributed by atoms with E-state index in [2.05, 4.69) is 37.9 Å². The van der Waals surface area contributed by atoms with Gasteiger partial charge in [0.15, 0.2) is 5.76 Å². The molecule has 0 bridgehead atoms. The van der Waals surface area contributed by atoms with E-state index in [4.69, 9.17) is 10.2 Å². The Morgan fingerprint density at radius 3 is 2.42 bits per heavy atom. The number of carbonyl (C=O) groups excluding carboxylic acids is 1. The molecular weight excluding hydrogens is 242 g/mol. The van der Waals surface area contributed by atoms with Gasteiger partial charge in [0.05, 0.1) is 6.54 Å². The van der Waals surface area contributed by atoms with E-state index in [1.165, 1.54) is 0 Å². The highest BCUT2D eigenvalue weighted by Crippen LogP contribution is 2.07. The summed E-state index contributed by atoms with van der Waals surface area (Å²) in [4.78, 5) is 14.2. The highest BCUT2D eigenvalue weighted by molar-refractivity contribution is 5.91. The van der Waals surface area contributed by atoms with Gasteiger partial charge in [-0.3, -0.25) is 9.69 Å². The van der Waals surface area contributed by atoms with Crippen LogP contribution >= 0.6 is 0 Å². The van der Waals surface area contributed by atoms with Gasteiger partial charge in [-0.1, -0.05) is 0 Å². The number of nitrogens with zero attached hydrogens (tertiary/aromatic N) is 1. The van der Waals surface area contributed by atoms with E-state index in [0.717, 1.165) is 6.54 Å². The highest BCUT2D eigenvalue weighted by Gasteiger charge is 2.14. The molecule has 5 heteroatoms. The normalized spacial score (nSPS) is 11.6. The second-order valence-electron chi connectivity index (χ2n) is 5.15. The molecular formula is C14H25N3O2. The summed E-state index contributed by atoms with van der Waals surface area (Å²) in [6.45, 7) is 10.4. The van der Waals surface area contributed by atoms with Crippen LogP contribution in [0.4, 0.5) is 0 Å². The van der Waals surface area contributed by atoms with Crippen LogP contribution < -0.4 is 11.1 Å². The van der Waals surface area contributed by atoms with Crippen molar-refractivity contribution in [3.05, 3.63) is 23.7 Å². The number of hydrogen-bond acceptors (Lipinski definition) is 4. The predicted octanol–water partition coefficient (Wildman–Crippen LogP) is 1.59. The van der Waals surface area contributed by atoms with Crippen molar-refractivity contribution in [2.45, 2.75) is 46.3 Å². The Labute approximate surface area is 115 Å². The SMILES string of the molecule is CC(C)N(CCNC(=O)c1ccc(CN)o1)C(C)C. The Balaban J connectivity index is 2.42. The van der Waals surface area contributed by atoms with Crippen LogP contribution in [0, 0.1) is 0 Å². The fraction of sp³-hybridized carbons (Fsp3) is 0.643. The van der Waals surface area contributed by atoms with Crippen LogP contribution in [0.3, 0.4) is 0 Å². The molecule has 0 aliphatic rings. The maximum atomic E-state index is 11.8. The molecule has 0 atom stereocenters. The third-order valence-electron chi connectivity index (χ3n) is 3.07. The van der Waals surface area contributed by atoms with Crippen LogP contribution in [0.5, 0.6) is 0 Å². The van der Waals surface area contributed by atoms with Crippen LogP contribution in [-0.2, 0) is 6.54 Å². The van der Waals surface area contributed by atoms with E-state index >= 15 is 0 Å². The van der Waals surface area contributed by atoms with Gasteiger partial charge in [-0.25, -0.2) is 0 Å². The molecule has 0 radical (unpaired) electrons. The quantitative estimate of drug-likeness (QED) is 0.787. The molecule has 5 nitrogen and oxygen atoms in total. The lowest BCUT2D eigenvalue weighted by molar-refractivity contribution is 0.0910. The number of hydrogen-bond donors (Lipinski definition) is 2. The fourth-order valence-electron chi connectivity index (χ4n) is 2.11. The second kappa shape index (κ2) is 7.31. The number of furan rings is 1. The topological polar surface area (TPSA) is 71.5 Å². The van der Waals surface area contributed by atoms with E-state index in [0.29, 0.717) is 36.7 Å². The lowest BCUT2D eigenvalue weighted by atomic mass is 10.2. The molecule has 1 aromatic rings. The van der Waals surface area contributed by atoms with Gasteiger partial charge in [0.1, 0.15) is 5.76 Å². The summed E-state index contributed by atoms with van der Waals surface area (Å²) in [6, 6.07) is 4.30. The molecule has 1 heterocycles. The summed E-state index contributed by atoms with van der Waals surface area (Å²) < 4.78 is 5.30. The summed E-state index contributed by atoms with van der Waals surface area (Å²) in [6.07, 6.45) is 0. The average Bonchev–Trinajstić information content (AvgIpc) is 2.82. The van der Waals surface area contributed by atoms with Gasteiger partial charge in [0, 0.05) is 25.2 Å². The van der Waals surface area contributed by atoms with Crippen LogP contribution in [0.1, 0.15) is 44.0 Å². The van der Waals surface area contributed by atoms with Gasteiger partial charge in [-0.05, 0) is 39.8 Å². The zero-order chi connectivity index (χ0) is 14.4. The van der Waals surface area contributed by atoms with Crippen molar-refractivity contribution in [1.29, 1.82) is 0 Å². The Hall–Kier alpha value is -1.33. The Morgan fingerprint density at radius 2 is 1.95 bits per heavy atom. The van der Waals surface area contributed by atoms with E-state index < -0.39 is 0 Å². The van der Waals surface area contributed by atoms with E-state index in [1.54, 1.807) is 12.1 Å². The molecule has 0 aliphatic carbocycles. The standard InChI is InChI=1S/C14H25N3O2/c1-10(2)17(11(3)4)8-7-16-14(18)13-6-5-12(9-15)19-13/h5-6,10-11H,7-9,15H2,1-4H3,(H,16,18). The molecule has 1 aromatic heterocycles. The van der Waals surface area contributed by atoms with Crippen LogP contribution in [0.2, 0.25) is 0 Å². The first-order valence-electron chi connectivity index (χ1n) is 6.78. The van der Waals surface area contributed by atoms with Gasteiger partial charge >= 0.3 is 0 Å². The number of rotatable bonds is 7. The molecule has 0 saturated heterocycles. The third kappa shape index (κ3) is 4.69. The van der Waals surface area contributed by atoms with Gasteiger partial charge in [0.2, 0.25) is 0 Å². The molecule has 0 aromatic carbocycles. The number of nitrogens with one attached hydrogen (secondary N) is 1. The number of nitrogens with two attached hydrogens (primary N) is 1. The number of amides is 1. The molecule has 1 rings (SSSR count). The largest absolute Gasteiger partial charge is 0.455 e. The van der Waals surface area contributed by atoms with Gasteiger partial charge in [0.25, 0.3) is 5.91 Å². The first-order valence-corrected chi connectivity index (χ1v) is 6.78. The smallest absolute Gasteiger partial charge is 0.287 e. The molecule has 0 aliphatic heterocycles. The summed E-state index contributed by atoms with van der Waals surface area (Å²) in [5, 5.41) is 2.86. The fourth-order valence-corrected chi connectivity index (χ4v) is 2.11. The summed E-state index contributed by atoms with van der Waals surface area (Å²) >= 11 is 0. The molecule has 1 amide bonds. The monoisotopic (exact) mass is 267 g/mol. The summed E-state index contributed by atoms with van der Waals surface area (Å²) in [5.74, 6) is 0.754. The molecule has 19 heavy (non-hydrogen) atoms. The molecule has 0 unspecified atom stereocenters. The van der Waals surface area contributed by atoms with Crippen molar-refractivity contribution in [3.63, 3.8) is 0 Å². The maximum Gasteiger partial charge on any atom is 0.287 e. The first-order chi connectivity index (χ1) is 8.95. The van der Waals surface area contributed by atoms with Crippen molar-refractivity contribution in [2.75, 3.05) is 13.1 Å². The van der Waals surface area contributed by atoms with Crippen molar-refractivity contribution >= 4 is 5.91 Å². The average molecular weight is 267 g/mol. The molecule has 0 saturated carbocycles. The zero-order valence-corrected chi connectivity index (χ0v) is 12.3. The van der Waals surface area contributed by atoms with Crippen LogP contribution in [0.25, 0.3) is 0 Å². The van der Waals surface area contributed by atoms with Gasteiger partial charge in [-0.2, -0.15) is 0 Å². The maximum absolute atomic E-state index is 11.8. The van der Waals surface area contributed by atoms with Crippen LogP contribution in [0.15, 0.2) is 16.5 Å². The third-order valence-corrected chi connectivity index (χ3v) is 3.07.